The zero-order chi connectivity index (χ0) is 16.2. The summed E-state index contributed by atoms with van der Waals surface area (Å²) in [5.41, 5.74) is -0.229. The monoisotopic (exact) mass is 308 g/mol. The van der Waals surface area contributed by atoms with E-state index in [2.05, 4.69) is 0 Å². The first-order valence-electron chi connectivity index (χ1n) is 7.57. The molecule has 0 amide bonds. The Morgan fingerprint density at radius 2 is 1.95 bits per heavy atom. The fraction of sp³-hybridized carbons (Fsp3) is 0.529. The van der Waals surface area contributed by atoms with Crippen LogP contribution in [0.4, 0.5) is 4.39 Å². The number of ether oxygens (including phenoxy) is 2. The third-order valence-corrected chi connectivity index (χ3v) is 3.91. The zero-order valence-electron chi connectivity index (χ0n) is 12.9. The standard InChI is InChI=1S/C17H21FO4/c1-12(2)22-15(19)11-21-16(20)17(8-3-4-9-17)13-6-5-7-14(18)10-13/h5-7,10,12H,3-4,8-9,11H2,1-2H3. The largest absolute Gasteiger partial charge is 0.460 e. The van der Waals surface area contributed by atoms with Crippen LogP contribution in [0.25, 0.3) is 0 Å². The first-order valence-corrected chi connectivity index (χ1v) is 7.57. The Bertz CT molecular complexity index is 547. The van der Waals surface area contributed by atoms with Crippen LogP contribution < -0.4 is 0 Å². The van der Waals surface area contributed by atoms with E-state index in [1.54, 1.807) is 26.0 Å². The number of rotatable bonds is 5. The third kappa shape index (κ3) is 3.64. The number of halogens is 1. The summed E-state index contributed by atoms with van der Waals surface area (Å²) >= 11 is 0. The molecule has 4 nitrogen and oxygen atoms in total. The lowest BCUT2D eigenvalue weighted by Crippen LogP contribution is -2.36. The highest BCUT2D eigenvalue weighted by molar-refractivity contribution is 5.85. The third-order valence-electron chi connectivity index (χ3n) is 3.91. The van der Waals surface area contributed by atoms with Gasteiger partial charge in [0.1, 0.15) is 5.82 Å². The van der Waals surface area contributed by atoms with E-state index in [0.29, 0.717) is 18.4 Å². The Kier molecular flexibility index (Phi) is 5.16. The average Bonchev–Trinajstić information content (AvgIpc) is 2.95. The van der Waals surface area contributed by atoms with Gasteiger partial charge in [0.25, 0.3) is 0 Å². The van der Waals surface area contributed by atoms with Gasteiger partial charge < -0.3 is 9.47 Å². The summed E-state index contributed by atoms with van der Waals surface area (Å²) in [7, 11) is 0. The molecule has 5 heteroatoms. The van der Waals surface area contributed by atoms with Gasteiger partial charge in [-0.1, -0.05) is 25.0 Å². The zero-order valence-corrected chi connectivity index (χ0v) is 12.9. The number of hydrogen-bond donors (Lipinski definition) is 0. The second-order valence-electron chi connectivity index (χ2n) is 5.91. The second-order valence-corrected chi connectivity index (χ2v) is 5.91. The first kappa shape index (κ1) is 16.5. The molecule has 1 aromatic carbocycles. The molecule has 1 aromatic rings. The van der Waals surface area contributed by atoms with Crippen LogP contribution in [-0.4, -0.2) is 24.6 Å². The van der Waals surface area contributed by atoms with Crippen molar-refractivity contribution < 1.29 is 23.5 Å². The van der Waals surface area contributed by atoms with Crippen molar-refractivity contribution in [1.82, 2.24) is 0 Å². The van der Waals surface area contributed by atoms with Gasteiger partial charge in [-0.25, -0.2) is 9.18 Å². The SMILES string of the molecule is CC(C)OC(=O)COC(=O)C1(c2cccc(F)c2)CCCC1. The van der Waals surface area contributed by atoms with Gasteiger partial charge in [-0.05, 0) is 44.4 Å². The molecule has 0 aromatic heterocycles. The van der Waals surface area contributed by atoms with Gasteiger partial charge in [0, 0.05) is 0 Å². The van der Waals surface area contributed by atoms with E-state index < -0.39 is 24.0 Å². The molecule has 0 aliphatic heterocycles. The molecule has 0 heterocycles. The van der Waals surface area contributed by atoms with Crippen LogP contribution in [0.2, 0.25) is 0 Å². The van der Waals surface area contributed by atoms with E-state index in [0.717, 1.165) is 12.8 Å². The predicted octanol–water partition coefficient (Wildman–Crippen LogP) is 3.13. The summed E-state index contributed by atoms with van der Waals surface area (Å²) in [4.78, 5) is 24.0. The Balaban J connectivity index is 2.11. The normalized spacial score (nSPS) is 16.5. The minimum absolute atomic E-state index is 0.255. The molecule has 0 radical (unpaired) electrons. The molecule has 0 bridgehead atoms. The summed E-state index contributed by atoms with van der Waals surface area (Å²) in [6.07, 6.45) is 2.71. The molecule has 0 spiro atoms. The van der Waals surface area contributed by atoms with Gasteiger partial charge in [0.15, 0.2) is 6.61 Å². The molecule has 1 saturated carbocycles. The molecule has 0 atom stereocenters. The Hall–Kier alpha value is -1.91. The number of benzene rings is 1. The quantitative estimate of drug-likeness (QED) is 0.784. The van der Waals surface area contributed by atoms with Crippen molar-refractivity contribution in [3.8, 4) is 0 Å². The molecule has 1 aliphatic rings. The Morgan fingerprint density at radius 1 is 1.27 bits per heavy atom. The minimum Gasteiger partial charge on any atom is -0.460 e. The fourth-order valence-corrected chi connectivity index (χ4v) is 2.93. The lowest BCUT2D eigenvalue weighted by molar-refractivity contribution is -0.164. The molecule has 2 rings (SSSR count). The van der Waals surface area contributed by atoms with Crippen molar-refractivity contribution in [2.24, 2.45) is 0 Å². The molecule has 1 fully saturated rings. The van der Waals surface area contributed by atoms with Crippen molar-refractivity contribution in [3.63, 3.8) is 0 Å². The minimum atomic E-state index is -0.847. The lowest BCUT2D eigenvalue weighted by atomic mass is 9.79. The van der Waals surface area contributed by atoms with E-state index in [9.17, 15) is 14.0 Å². The smallest absolute Gasteiger partial charge is 0.344 e. The fourth-order valence-electron chi connectivity index (χ4n) is 2.93. The van der Waals surface area contributed by atoms with E-state index in [4.69, 9.17) is 9.47 Å². The summed E-state index contributed by atoms with van der Waals surface area (Å²) < 4.78 is 23.6. The molecular weight excluding hydrogens is 287 g/mol. The highest BCUT2D eigenvalue weighted by atomic mass is 19.1. The number of carbonyl (C=O) groups excluding carboxylic acids is 2. The van der Waals surface area contributed by atoms with Crippen LogP contribution in [0.15, 0.2) is 24.3 Å². The maximum absolute atomic E-state index is 13.5. The lowest BCUT2D eigenvalue weighted by Gasteiger charge is -2.27. The van der Waals surface area contributed by atoms with Crippen LogP contribution in [0.3, 0.4) is 0 Å². The molecule has 0 unspecified atom stereocenters. The van der Waals surface area contributed by atoms with Crippen molar-refractivity contribution in [1.29, 1.82) is 0 Å². The Morgan fingerprint density at radius 3 is 2.55 bits per heavy atom. The maximum atomic E-state index is 13.5. The van der Waals surface area contributed by atoms with Crippen LogP contribution in [0.5, 0.6) is 0 Å². The van der Waals surface area contributed by atoms with Crippen molar-refractivity contribution in [3.05, 3.63) is 35.6 Å². The Labute approximate surface area is 129 Å². The van der Waals surface area contributed by atoms with E-state index in [1.807, 2.05) is 0 Å². The van der Waals surface area contributed by atoms with Gasteiger partial charge in [-0.3, -0.25) is 4.79 Å². The predicted molar refractivity (Wildman–Crippen MR) is 78.7 cm³/mol. The second kappa shape index (κ2) is 6.90. The van der Waals surface area contributed by atoms with Gasteiger partial charge in [0.2, 0.25) is 0 Å². The first-order chi connectivity index (χ1) is 10.4. The summed E-state index contributed by atoms with van der Waals surface area (Å²) in [6, 6.07) is 6.05. The topological polar surface area (TPSA) is 52.6 Å². The van der Waals surface area contributed by atoms with E-state index in [1.165, 1.54) is 12.1 Å². The van der Waals surface area contributed by atoms with E-state index in [-0.39, 0.29) is 11.9 Å². The summed E-state index contributed by atoms with van der Waals surface area (Å²) in [5, 5.41) is 0. The number of esters is 2. The maximum Gasteiger partial charge on any atom is 0.344 e. The average molecular weight is 308 g/mol. The number of hydrogen-bond acceptors (Lipinski definition) is 4. The van der Waals surface area contributed by atoms with Gasteiger partial charge in [0.05, 0.1) is 11.5 Å². The molecule has 22 heavy (non-hydrogen) atoms. The van der Waals surface area contributed by atoms with Gasteiger partial charge in [-0.2, -0.15) is 0 Å². The molecular formula is C17H21FO4. The van der Waals surface area contributed by atoms with Gasteiger partial charge in [-0.15, -0.1) is 0 Å². The highest BCUT2D eigenvalue weighted by Gasteiger charge is 2.44. The summed E-state index contributed by atoms with van der Waals surface area (Å²) in [6.45, 7) is 3.05. The van der Waals surface area contributed by atoms with Crippen molar-refractivity contribution in [2.75, 3.05) is 6.61 Å². The van der Waals surface area contributed by atoms with Crippen LogP contribution >= 0.6 is 0 Å². The summed E-state index contributed by atoms with van der Waals surface area (Å²) in [5.74, 6) is -1.43. The number of carbonyl (C=O) groups is 2. The highest BCUT2D eigenvalue weighted by Crippen LogP contribution is 2.42. The van der Waals surface area contributed by atoms with Crippen LogP contribution in [-0.2, 0) is 24.5 Å². The molecule has 120 valence electrons. The van der Waals surface area contributed by atoms with E-state index >= 15 is 0 Å². The molecule has 0 N–H and O–H groups in total. The van der Waals surface area contributed by atoms with Crippen LogP contribution in [0, 0.1) is 5.82 Å². The molecule has 0 saturated heterocycles. The van der Waals surface area contributed by atoms with Crippen molar-refractivity contribution in [2.45, 2.75) is 51.0 Å². The van der Waals surface area contributed by atoms with Crippen LogP contribution in [0.1, 0.15) is 45.1 Å². The van der Waals surface area contributed by atoms with Gasteiger partial charge >= 0.3 is 11.9 Å². The molecule has 1 aliphatic carbocycles. The van der Waals surface area contributed by atoms with Crippen molar-refractivity contribution >= 4 is 11.9 Å².